The summed E-state index contributed by atoms with van der Waals surface area (Å²) in [6.45, 7) is 3.98. The van der Waals surface area contributed by atoms with Gasteiger partial charge in [0.1, 0.15) is 5.82 Å². The van der Waals surface area contributed by atoms with Crippen LogP contribution in [0.4, 0.5) is 5.82 Å². The van der Waals surface area contributed by atoms with Crippen molar-refractivity contribution in [1.29, 1.82) is 0 Å². The topological polar surface area (TPSA) is 28.2 Å². The van der Waals surface area contributed by atoms with Crippen LogP contribution in [0.25, 0.3) is 0 Å². The summed E-state index contributed by atoms with van der Waals surface area (Å²) in [4.78, 5) is 6.68. The summed E-state index contributed by atoms with van der Waals surface area (Å²) in [5.74, 6) is 1.04. The summed E-state index contributed by atoms with van der Waals surface area (Å²) >= 11 is 4.26. The molecule has 1 aliphatic rings. The molecule has 0 aromatic carbocycles. The van der Waals surface area contributed by atoms with Crippen LogP contribution in [-0.2, 0) is 0 Å². The third kappa shape index (κ3) is 3.00. The summed E-state index contributed by atoms with van der Waals surface area (Å²) in [5, 5.41) is 5.33. The highest BCUT2D eigenvalue weighted by Gasteiger charge is 2.11. The van der Waals surface area contributed by atoms with Gasteiger partial charge < -0.3 is 10.2 Å². The predicted molar refractivity (Wildman–Crippen MR) is 71.0 cm³/mol. The van der Waals surface area contributed by atoms with Gasteiger partial charge >= 0.3 is 0 Å². The molecule has 16 heavy (non-hydrogen) atoms. The largest absolute Gasteiger partial charge is 0.351 e. The number of hydrogen-bond acceptors (Lipinski definition) is 4. The molecule has 1 fully saturated rings. The van der Waals surface area contributed by atoms with Crippen molar-refractivity contribution in [3.05, 3.63) is 35.4 Å². The molecule has 4 heteroatoms. The van der Waals surface area contributed by atoms with Crippen molar-refractivity contribution in [2.45, 2.75) is 6.42 Å². The molecule has 1 aromatic heterocycles. The Hall–Kier alpha value is -1.00. The molecule has 1 N–H and O–H groups in total. The van der Waals surface area contributed by atoms with Crippen molar-refractivity contribution >= 4 is 18.4 Å². The van der Waals surface area contributed by atoms with Gasteiger partial charge in [0.15, 0.2) is 0 Å². The molecule has 2 rings (SSSR count). The van der Waals surface area contributed by atoms with Gasteiger partial charge in [-0.25, -0.2) is 4.98 Å². The summed E-state index contributed by atoms with van der Waals surface area (Å²) in [6.07, 6.45) is 2.90. The van der Waals surface area contributed by atoms with Crippen LogP contribution in [-0.4, -0.2) is 31.2 Å². The van der Waals surface area contributed by atoms with Crippen LogP contribution in [0.15, 0.2) is 35.4 Å². The molecule has 1 aromatic rings. The number of nitrogens with zero attached hydrogens (tertiary/aromatic N) is 2. The Balaban J connectivity index is 2.12. The van der Waals surface area contributed by atoms with E-state index in [0.717, 1.165) is 38.4 Å². The minimum Gasteiger partial charge on any atom is -0.351 e. The zero-order valence-corrected chi connectivity index (χ0v) is 10.2. The zero-order chi connectivity index (χ0) is 11.2. The molecule has 0 aliphatic carbocycles. The predicted octanol–water partition coefficient (Wildman–Crippen LogP) is 1.69. The first kappa shape index (κ1) is 11.5. The van der Waals surface area contributed by atoms with Crippen LogP contribution >= 0.6 is 12.6 Å². The van der Waals surface area contributed by atoms with E-state index in [1.165, 1.54) is 5.57 Å². The molecule has 0 bridgehead atoms. The van der Waals surface area contributed by atoms with Crippen molar-refractivity contribution < 1.29 is 0 Å². The highest BCUT2D eigenvalue weighted by molar-refractivity contribution is 7.83. The molecular weight excluding hydrogens is 218 g/mol. The Morgan fingerprint density at radius 2 is 2.31 bits per heavy atom. The highest BCUT2D eigenvalue weighted by atomic mass is 32.1. The lowest BCUT2D eigenvalue weighted by molar-refractivity contribution is 0.625. The number of nitrogens with one attached hydrogen (secondary N) is 1. The normalized spacial score (nSPS) is 20.6. The Labute approximate surface area is 102 Å². The number of rotatable bonds is 1. The summed E-state index contributed by atoms with van der Waals surface area (Å²) in [7, 11) is 0. The van der Waals surface area contributed by atoms with Gasteiger partial charge in [0.2, 0.25) is 0 Å². The van der Waals surface area contributed by atoms with Gasteiger partial charge in [-0.05, 0) is 36.1 Å². The summed E-state index contributed by atoms with van der Waals surface area (Å²) in [5.41, 5.74) is 1.35. The zero-order valence-electron chi connectivity index (χ0n) is 9.26. The van der Waals surface area contributed by atoms with Crippen molar-refractivity contribution in [1.82, 2.24) is 10.3 Å². The molecule has 1 aliphatic heterocycles. The molecule has 86 valence electrons. The van der Waals surface area contributed by atoms with Crippen LogP contribution in [0.2, 0.25) is 0 Å². The lowest BCUT2D eigenvalue weighted by Crippen LogP contribution is -2.37. The number of anilines is 1. The van der Waals surface area contributed by atoms with Gasteiger partial charge in [-0.1, -0.05) is 6.07 Å². The minimum atomic E-state index is 0.933. The van der Waals surface area contributed by atoms with Crippen molar-refractivity contribution in [3.8, 4) is 0 Å². The fourth-order valence-corrected chi connectivity index (χ4v) is 2.04. The van der Waals surface area contributed by atoms with Crippen molar-refractivity contribution in [3.63, 3.8) is 0 Å². The van der Waals surface area contributed by atoms with Crippen LogP contribution in [0.1, 0.15) is 6.42 Å². The molecule has 3 nitrogen and oxygen atoms in total. The standard InChI is InChI=1S/C12H17N3S/c16-10-11-4-6-13-7-8-15(9-11)12-3-1-2-5-14-12/h1-3,5,10,13,16H,4,6-9H2/b11-10+. The maximum atomic E-state index is 4.39. The molecule has 0 spiro atoms. The van der Waals surface area contributed by atoms with Gasteiger partial charge in [0.25, 0.3) is 0 Å². The minimum absolute atomic E-state index is 0.933. The third-order valence-electron chi connectivity index (χ3n) is 2.73. The van der Waals surface area contributed by atoms with E-state index in [1.807, 2.05) is 23.7 Å². The molecule has 0 unspecified atom stereocenters. The third-order valence-corrected chi connectivity index (χ3v) is 3.10. The van der Waals surface area contributed by atoms with Crippen molar-refractivity contribution in [2.75, 3.05) is 31.1 Å². The van der Waals surface area contributed by atoms with E-state index < -0.39 is 0 Å². The highest BCUT2D eigenvalue weighted by Crippen LogP contribution is 2.14. The molecule has 0 amide bonds. The van der Waals surface area contributed by atoms with E-state index in [1.54, 1.807) is 0 Å². The monoisotopic (exact) mass is 235 g/mol. The van der Waals surface area contributed by atoms with Crippen LogP contribution in [0.3, 0.4) is 0 Å². The number of thiol groups is 1. The van der Waals surface area contributed by atoms with Crippen molar-refractivity contribution in [2.24, 2.45) is 0 Å². The maximum absolute atomic E-state index is 4.39. The molecule has 1 saturated heterocycles. The molecule has 2 heterocycles. The van der Waals surface area contributed by atoms with E-state index in [2.05, 4.69) is 33.9 Å². The SMILES string of the molecule is S/C=C1\CCNCCN(c2ccccn2)C1. The fraction of sp³-hybridized carbons (Fsp3) is 0.417. The van der Waals surface area contributed by atoms with E-state index in [9.17, 15) is 0 Å². The quantitative estimate of drug-likeness (QED) is 0.726. The fourth-order valence-electron chi connectivity index (χ4n) is 1.83. The average Bonchev–Trinajstić information content (AvgIpc) is 2.30. The van der Waals surface area contributed by atoms with Crippen LogP contribution in [0.5, 0.6) is 0 Å². The Kier molecular flexibility index (Phi) is 4.25. The Bertz CT molecular complexity index is 351. The van der Waals surface area contributed by atoms with E-state index in [4.69, 9.17) is 0 Å². The average molecular weight is 235 g/mol. The second-order valence-electron chi connectivity index (χ2n) is 3.90. The first-order valence-corrected chi connectivity index (χ1v) is 6.10. The maximum Gasteiger partial charge on any atom is 0.128 e. The van der Waals surface area contributed by atoms with Gasteiger partial charge in [0.05, 0.1) is 0 Å². The summed E-state index contributed by atoms with van der Waals surface area (Å²) < 4.78 is 0. The number of aromatic nitrogens is 1. The van der Waals surface area contributed by atoms with Gasteiger partial charge in [-0.2, -0.15) is 12.6 Å². The van der Waals surface area contributed by atoms with Gasteiger partial charge in [0, 0.05) is 25.8 Å². The molecular formula is C12H17N3S. The van der Waals surface area contributed by atoms with Crippen LogP contribution < -0.4 is 10.2 Å². The van der Waals surface area contributed by atoms with Gasteiger partial charge in [-0.3, -0.25) is 0 Å². The van der Waals surface area contributed by atoms with E-state index >= 15 is 0 Å². The summed E-state index contributed by atoms with van der Waals surface area (Å²) in [6, 6.07) is 6.03. The first-order valence-electron chi connectivity index (χ1n) is 5.59. The molecule has 0 radical (unpaired) electrons. The van der Waals surface area contributed by atoms with Gasteiger partial charge in [-0.15, -0.1) is 0 Å². The lowest BCUT2D eigenvalue weighted by atomic mass is 10.1. The second-order valence-corrected chi connectivity index (χ2v) is 4.16. The Morgan fingerprint density at radius 1 is 1.38 bits per heavy atom. The number of pyridine rings is 1. The first-order chi connectivity index (χ1) is 7.90. The van der Waals surface area contributed by atoms with E-state index in [-0.39, 0.29) is 0 Å². The lowest BCUT2D eigenvalue weighted by Gasteiger charge is -2.27. The number of hydrogen-bond donors (Lipinski definition) is 2. The smallest absolute Gasteiger partial charge is 0.128 e. The van der Waals surface area contributed by atoms with Crippen LogP contribution in [0, 0.1) is 0 Å². The second kappa shape index (κ2) is 5.92. The Morgan fingerprint density at radius 3 is 3.06 bits per heavy atom. The molecule has 0 saturated carbocycles. The van der Waals surface area contributed by atoms with E-state index in [0.29, 0.717) is 0 Å². The molecule has 0 atom stereocenters.